The first kappa shape index (κ1) is 16.3. The van der Waals surface area contributed by atoms with Crippen LogP contribution in [0.15, 0.2) is 40.1 Å². The van der Waals surface area contributed by atoms with Crippen molar-refractivity contribution in [2.75, 3.05) is 19.6 Å². The lowest BCUT2D eigenvalue weighted by Gasteiger charge is -2.43. The third-order valence-corrected chi connectivity index (χ3v) is 5.36. The van der Waals surface area contributed by atoms with Crippen LogP contribution in [0.25, 0.3) is 11.1 Å². The predicted octanol–water partition coefficient (Wildman–Crippen LogP) is 2.28. The van der Waals surface area contributed by atoms with Crippen LogP contribution in [0.3, 0.4) is 0 Å². The Morgan fingerprint density at radius 2 is 1.96 bits per heavy atom. The second-order valence-electron chi connectivity index (χ2n) is 7.97. The third-order valence-electron chi connectivity index (χ3n) is 5.36. The number of hydrogen-bond acceptors (Lipinski definition) is 3. The molecule has 2 aromatic heterocycles. The quantitative estimate of drug-likeness (QED) is 0.933. The molecule has 0 aliphatic carbocycles. The van der Waals surface area contributed by atoms with Crippen LogP contribution in [0.1, 0.15) is 31.9 Å². The van der Waals surface area contributed by atoms with E-state index in [4.69, 9.17) is 0 Å². The van der Waals surface area contributed by atoms with Gasteiger partial charge in [0.2, 0.25) is 5.56 Å². The zero-order chi connectivity index (χ0) is 17.6. The van der Waals surface area contributed by atoms with E-state index < -0.39 is 0 Å². The summed E-state index contributed by atoms with van der Waals surface area (Å²) in [5, 5.41) is 0. The van der Waals surface area contributed by atoms with Gasteiger partial charge in [0.25, 0.3) is 5.56 Å². The zero-order valence-corrected chi connectivity index (χ0v) is 14.9. The average molecular weight is 339 g/mol. The summed E-state index contributed by atoms with van der Waals surface area (Å²) in [6.07, 6.45) is 2.79. The summed E-state index contributed by atoms with van der Waals surface area (Å²) >= 11 is 0. The van der Waals surface area contributed by atoms with Crippen LogP contribution in [-0.2, 0) is 6.54 Å². The highest BCUT2D eigenvalue weighted by atomic mass is 16.1. The van der Waals surface area contributed by atoms with Gasteiger partial charge >= 0.3 is 0 Å². The van der Waals surface area contributed by atoms with E-state index in [2.05, 4.69) is 29.8 Å². The van der Waals surface area contributed by atoms with Gasteiger partial charge in [-0.25, -0.2) is 0 Å². The molecule has 5 heteroatoms. The molecule has 0 saturated carbocycles. The highest BCUT2D eigenvalue weighted by molar-refractivity contribution is 5.63. The van der Waals surface area contributed by atoms with E-state index in [1.54, 1.807) is 18.3 Å². The van der Waals surface area contributed by atoms with Crippen LogP contribution in [0, 0.1) is 11.8 Å². The molecule has 0 aromatic carbocycles. The van der Waals surface area contributed by atoms with E-state index in [0.717, 1.165) is 49.4 Å². The Balaban J connectivity index is 1.73. The summed E-state index contributed by atoms with van der Waals surface area (Å²) in [5.74, 6) is 1.62. The lowest BCUT2D eigenvalue weighted by atomic mass is 9.82. The summed E-state index contributed by atoms with van der Waals surface area (Å²) in [7, 11) is 0. The monoisotopic (exact) mass is 339 g/mol. The summed E-state index contributed by atoms with van der Waals surface area (Å²) < 4.78 is 1.96. The Bertz CT molecular complexity index is 896. The Labute approximate surface area is 147 Å². The van der Waals surface area contributed by atoms with Crippen LogP contribution < -0.4 is 11.1 Å². The number of aromatic nitrogens is 2. The number of pyridine rings is 2. The van der Waals surface area contributed by atoms with E-state index >= 15 is 0 Å². The molecule has 2 aromatic rings. The van der Waals surface area contributed by atoms with Crippen LogP contribution in [0.5, 0.6) is 0 Å². The largest absolute Gasteiger partial charge is 0.329 e. The molecule has 1 fully saturated rings. The van der Waals surface area contributed by atoms with Crippen molar-refractivity contribution in [2.24, 2.45) is 11.8 Å². The molecular weight excluding hydrogens is 314 g/mol. The lowest BCUT2D eigenvalue weighted by Crippen LogP contribution is -2.48. The molecule has 2 aliphatic rings. The fourth-order valence-electron chi connectivity index (χ4n) is 4.51. The molecule has 0 amide bonds. The van der Waals surface area contributed by atoms with Crippen molar-refractivity contribution in [2.45, 2.75) is 32.7 Å². The zero-order valence-electron chi connectivity index (χ0n) is 14.9. The maximum atomic E-state index is 12.7. The fourth-order valence-corrected chi connectivity index (χ4v) is 4.51. The molecule has 0 spiro atoms. The molecular formula is C20H25N3O2. The molecule has 5 nitrogen and oxygen atoms in total. The second kappa shape index (κ2) is 6.30. The Morgan fingerprint density at radius 1 is 1.12 bits per heavy atom. The minimum atomic E-state index is -0.142. The molecule has 132 valence electrons. The number of rotatable bonds is 3. The highest BCUT2D eigenvalue weighted by Crippen LogP contribution is 2.36. The summed E-state index contributed by atoms with van der Waals surface area (Å²) in [6.45, 7) is 8.56. The molecule has 2 atom stereocenters. The summed E-state index contributed by atoms with van der Waals surface area (Å²) in [5.41, 5.74) is 2.70. The van der Waals surface area contributed by atoms with Crippen molar-refractivity contribution in [1.82, 2.24) is 14.5 Å². The van der Waals surface area contributed by atoms with Crippen molar-refractivity contribution in [3.8, 4) is 11.1 Å². The Morgan fingerprint density at radius 3 is 2.72 bits per heavy atom. The van der Waals surface area contributed by atoms with Crippen LogP contribution >= 0.6 is 0 Å². The molecule has 4 heterocycles. The van der Waals surface area contributed by atoms with E-state index in [0.29, 0.717) is 17.8 Å². The smallest absolute Gasteiger partial charge is 0.251 e. The third kappa shape index (κ3) is 3.21. The van der Waals surface area contributed by atoms with Gasteiger partial charge in [-0.1, -0.05) is 13.8 Å². The number of likely N-dealkylation sites (tertiary alicyclic amines) is 1. The summed E-state index contributed by atoms with van der Waals surface area (Å²) in [6, 6.07) is 7.20. The van der Waals surface area contributed by atoms with E-state index in [-0.39, 0.29) is 11.1 Å². The lowest BCUT2D eigenvalue weighted by molar-refractivity contribution is 0.109. The maximum absolute atomic E-state index is 12.7. The first-order valence-corrected chi connectivity index (χ1v) is 9.16. The average Bonchev–Trinajstić information content (AvgIpc) is 2.55. The summed E-state index contributed by atoms with van der Waals surface area (Å²) in [4.78, 5) is 29.5. The number of aromatic amines is 1. The molecule has 0 unspecified atom stereocenters. The van der Waals surface area contributed by atoms with Gasteiger partial charge in [0, 0.05) is 56.1 Å². The number of nitrogens with zero attached hydrogens (tertiary/aromatic N) is 2. The normalized spacial score (nSPS) is 22.8. The molecule has 25 heavy (non-hydrogen) atoms. The van der Waals surface area contributed by atoms with Gasteiger partial charge in [0.1, 0.15) is 0 Å². The fraction of sp³-hybridized carbons (Fsp3) is 0.500. The first-order chi connectivity index (χ1) is 12.0. The molecule has 1 saturated heterocycles. The van der Waals surface area contributed by atoms with Crippen molar-refractivity contribution in [3.05, 3.63) is 56.9 Å². The van der Waals surface area contributed by atoms with Crippen molar-refractivity contribution in [3.63, 3.8) is 0 Å². The first-order valence-electron chi connectivity index (χ1n) is 9.16. The Hall–Kier alpha value is -2.14. The number of hydrogen-bond donors (Lipinski definition) is 1. The van der Waals surface area contributed by atoms with Crippen LogP contribution in [-0.4, -0.2) is 34.1 Å². The Kier molecular flexibility index (Phi) is 4.12. The number of nitrogens with one attached hydrogen (secondary N) is 1. The van der Waals surface area contributed by atoms with E-state index in [1.807, 2.05) is 10.6 Å². The van der Waals surface area contributed by atoms with Crippen molar-refractivity contribution in [1.29, 1.82) is 0 Å². The molecule has 0 radical (unpaired) electrons. The molecule has 1 N–H and O–H groups in total. The number of fused-ring (bicyclic) bond motifs is 4. The molecule has 2 aliphatic heterocycles. The minimum absolute atomic E-state index is 0.0554. The minimum Gasteiger partial charge on any atom is -0.329 e. The van der Waals surface area contributed by atoms with Crippen LogP contribution in [0.2, 0.25) is 0 Å². The van der Waals surface area contributed by atoms with Gasteiger partial charge in [0.15, 0.2) is 0 Å². The topological polar surface area (TPSA) is 58.1 Å². The van der Waals surface area contributed by atoms with Crippen LogP contribution in [0.4, 0.5) is 0 Å². The van der Waals surface area contributed by atoms with Crippen molar-refractivity contribution >= 4 is 0 Å². The van der Waals surface area contributed by atoms with E-state index in [1.165, 1.54) is 0 Å². The number of piperidine rings is 1. The SMILES string of the molecule is CC(C)CN1C[C@@H]2C[C@H](C1)c1cc(-c3cc[nH]c(=O)c3)cc(=O)n1C2. The second-order valence-corrected chi connectivity index (χ2v) is 7.97. The maximum Gasteiger partial charge on any atom is 0.251 e. The molecule has 4 rings (SSSR count). The van der Waals surface area contributed by atoms with Gasteiger partial charge in [-0.15, -0.1) is 0 Å². The van der Waals surface area contributed by atoms with Crippen molar-refractivity contribution < 1.29 is 0 Å². The highest BCUT2D eigenvalue weighted by Gasteiger charge is 2.34. The standard InChI is InChI=1S/C20H25N3O2/c1-13(2)9-22-10-14-5-17(12-22)18-6-16(8-20(25)23(18)11-14)15-3-4-21-19(24)7-15/h3-4,6-8,13-14,17H,5,9-12H2,1-2H3,(H,21,24)/t14-,17+/m0/s1. The molecule has 2 bridgehead atoms. The van der Waals surface area contributed by atoms with Gasteiger partial charge in [0.05, 0.1) is 0 Å². The predicted molar refractivity (Wildman–Crippen MR) is 98.9 cm³/mol. The van der Waals surface area contributed by atoms with Gasteiger partial charge in [-0.05, 0) is 41.5 Å². The number of H-pyrrole nitrogens is 1. The van der Waals surface area contributed by atoms with Gasteiger partial charge in [-0.2, -0.15) is 0 Å². The van der Waals surface area contributed by atoms with E-state index in [9.17, 15) is 9.59 Å². The van der Waals surface area contributed by atoms with Gasteiger partial charge < -0.3 is 14.5 Å². The van der Waals surface area contributed by atoms with Gasteiger partial charge in [-0.3, -0.25) is 9.59 Å².